The summed E-state index contributed by atoms with van der Waals surface area (Å²) in [6.45, 7) is 2.88. The normalized spacial score (nSPS) is 19.9. The average Bonchev–Trinajstić information content (AvgIpc) is 2.89. The van der Waals surface area contributed by atoms with E-state index in [4.69, 9.17) is 10.8 Å². The van der Waals surface area contributed by atoms with Gasteiger partial charge in [-0.15, -0.1) is 0 Å². The number of rotatable bonds is 4. The first-order valence-corrected chi connectivity index (χ1v) is 6.83. The van der Waals surface area contributed by atoms with Crippen LogP contribution >= 0.6 is 0 Å². The second-order valence-electron chi connectivity index (χ2n) is 5.44. The Morgan fingerprint density at radius 2 is 2.05 bits per heavy atom. The second kappa shape index (κ2) is 5.94. The van der Waals surface area contributed by atoms with E-state index in [0.29, 0.717) is 31.6 Å². The van der Waals surface area contributed by atoms with Gasteiger partial charge in [0, 0.05) is 25.2 Å². The third-order valence-electron chi connectivity index (χ3n) is 3.88. The fourth-order valence-electron chi connectivity index (χ4n) is 2.52. The molecule has 0 spiro atoms. The number of carboxylic acids is 1. The quantitative estimate of drug-likeness (QED) is 0.820. The van der Waals surface area contributed by atoms with Crippen molar-refractivity contribution in [2.45, 2.75) is 25.7 Å². The van der Waals surface area contributed by atoms with Crippen molar-refractivity contribution in [3.8, 4) is 0 Å². The summed E-state index contributed by atoms with van der Waals surface area (Å²) in [4.78, 5) is 24.7. The van der Waals surface area contributed by atoms with Gasteiger partial charge in [0.15, 0.2) is 0 Å². The van der Waals surface area contributed by atoms with Gasteiger partial charge >= 0.3 is 5.97 Å². The van der Waals surface area contributed by atoms with Gasteiger partial charge in [-0.05, 0) is 30.0 Å². The summed E-state index contributed by atoms with van der Waals surface area (Å²) in [6, 6.07) is 7.51. The smallest absolute Gasteiger partial charge is 0.308 e. The Hall–Kier alpha value is -2.04. The van der Waals surface area contributed by atoms with Gasteiger partial charge in [-0.3, -0.25) is 9.59 Å². The number of carbonyl (C=O) groups is 2. The van der Waals surface area contributed by atoms with E-state index >= 15 is 0 Å². The molecule has 1 saturated heterocycles. The highest BCUT2D eigenvalue weighted by atomic mass is 16.4. The lowest BCUT2D eigenvalue weighted by Crippen LogP contribution is -2.30. The second-order valence-corrected chi connectivity index (χ2v) is 5.44. The molecule has 0 aromatic heterocycles. The minimum atomic E-state index is -0.813. The molecular weight excluding hydrogens is 256 g/mol. The Morgan fingerprint density at radius 3 is 2.60 bits per heavy atom. The van der Waals surface area contributed by atoms with Gasteiger partial charge in [0.05, 0.1) is 5.92 Å². The van der Waals surface area contributed by atoms with Crippen molar-refractivity contribution in [1.29, 1.82) is 0 Å². The van der Waals surface area contributed by atoms with Crippen LogP contribution in [0.3, 0.4) is 0 Å². The Kier molecular flexibility index (Phi) is 4.27. The largest absolute Gasteiger partial charge is 0.481 e. The number of nitrogens with two attached hydrogens (primary N) is 1. The molecule has 2 atom stereocenters. The lowest BCUT2D eigenvalue weighted by atomic mass is 9.97. The molecule has 0 saturated carbocycles. The van der Waals surface area contributed by atoms with Gasteiger partial charge in [-0.2, -0.15) is 0 Å². The summed E-state index contributed by atoms with van der Waals surface area (Å²) < 4.78 is 0. The number of likely N-dealkylation sites (tertiary alicyclic amines) is 1. The molecule has 0 aliphatic carbocycles. The number of carbonyl (C=O) groups excluding carboxylic acids is 1. The predicted molar refractivity (Wildman–Crippen MR) is 76.2 cm³/mol. The van der Waals surface area contributed by atoms with Crippen molar-refractivity contribution < 1.29 is 14.7 Å². The van der Waals surface area contributed by atoms with Crippen molar-refractivity contribution >= 4 is 17.6 Å². The molecular formula is C15H20N2O3. The van der Waals surface area contributed by atoms with Crippen LogP contribution in [-0.2, 0) is 9.59 Å². The van der Waals surface area contributed by atoms with E-state index in [2.05, 4.69) is 0 Å². The van der Waals surface area contributed by atoms with E-state index < -0.39 is 11.9 Å². The molecule has 2 rings (SSSR count). The number of nitrogens with zero attached hydrogens (tertiary/aromatic N) is 1. The monoisotopic (exact) mass is 276 g/mol. The maximum Gasteiger partial charge on any atom is 0.308 e. The van der Waals surface area contributed by atoms with Crippen LogP contribution in [0.4, 0.5) is 5.69 Å². The topological polar surface area (TPSA) is 83.6 Å². The van der Waals surface area contributed by atoms with E-state index in [-0.39, 0.29) is 11.8 Å². The van der Waals surface area contributed by atoms with E-state index in [1.807, 2.05) is 31.2 Å². The van der Waals surface area contributed by atoms with E-state index in [9.17, 15) is 9.59 Å². The number of aliphatic carboxylic acids is 1. The lowest BCUT2D eigenvalue weighted by Gasteiger charge is -2.19. The van der Waals surface area contributed by atoms with Crippen LogP contribution in [0.1, 0.15) is 31.2 Å². The molecule has 1 aromatic rings. The molecule has 108 valence electrons. The van der Waals surface area contributed by atoms with Gasteiger partial charge in [0.25, 0.3) is 0 Å². The van der Waals surface area contributed by atoms with Crippen LogP contribution in [0.25, 0.3) is 0 Å². The lowest BCUT2D eigenvalue weighted by molar-refractivity contribution is -0.141. The number of hydrogen-bond donors (Lipinski definition) is 2. The number of benzene rings is 1. The van der Waals surface area contributed by atoms with Crippen molar-refractivity contribution in [2.24, 2.45) is 5.92 Å². The third kappa shape index (κ3) is 3.29. The van der Waals surface area contributed by atoms with Crippen LogP contribution in [-0.4, -0.2) is 35.0 Å². The standard InChI is InChI=1S/C15H20N2O3/c1-10(11-2-4-13(16)5-3-11)8-14(18)17-7-6-12(9-17)15(19)20/h2-5,10,12H,6-9,16H2,1H3,(H,19,20). The van der Waals surface area contributed by atoms with Gasteiger partial charge in [0.2, 0.25) is 5.91 Å². The molecule has 20 heavy (non-hydrogen) atoms. The predicted octanol–water partition coefficient (Wildman–Crippen LogP) is 1.70. The maximum absolute atomic E-state index is 12.2. The van der Waals surface area contributed by atoms with E-state index in [0.717, 1.165) is 5.56 Å². The number of carboxylic acid groups (broad SMARTS) is 1. The van der Waals surface area contributed by atoms with Gasteiger partial charge in [0.1, 0.15) is 0 Å². The molecule has 5 heteroatoms. The molecule has 1 fully saturated rings. The molecule has 5 nitrogen and oxygen atoms in total. The molecule has 0 radical (unpaired) electrons. The number of anilines is 1. The minimum absolute atomic E-state index is 0.0260. The molecule has 1 aliphatic heterocycles. The first kappa shape index (κ1) is 14.4. The van der Waals surface area contributed by atoms with E-state index in [1.54, 1.807) is 4.90 Å². The van der Waals surface area contributed by atoms with Gasteiger partial charge in [-0.25, -0.2) is 0 Å². The van der Waals surface area contributed by atoms with Crippen molar-refractivity contribution in [1.82, 2.24) is 4.90 Å². The van der Waals surface area contributed by atoms with Gasteiger partial charge < -0.3 is 15.7 Å². The average molecular weight is 276 g/mol. The molecule has 2 unspecified atom stereocenters. The van der Waals surface area contributed by atoms with Crippen LogP contribution < -0.4 is 5.73 Å². The Labute approximate surface area is 118 Å². The zero-order valence-electron chi connectivity index (χ0n) is 11.6. The van der Waals surface area contributed by atoms with Crippen molar-refractivity contribution in [2.75, 3.05) is 18.8 Å². The number of hydrogen-bond acceptors (Lipinski definition) is 3. The molecule has 0 bridgehead atoms. The molecule has 1 heterocycles. The molecule has 1 aliphatic rings. The highest BCUT2D eigenvalue weighted by Gasteiger charge is 2.31. The third-order valence-corrected chi connectivity index (χ3v) is 3.88. The van der Waals surface area contributed by atoms with Crippen molar-refractivity contribution in [3.63, 3.8) is 0 Å². The zero-order valence-corrected chi connectivity index (χ0v) is 11.6. The maximum atomic E-state index is 12.2. The fourth-order valence-corrected chi connectivity index (χ4v) is 2.52. The highest BCUT2D eigenvalue weighted by Crippen LogP contribution is 2.23. The summed E-state index contributed by atoms with van der Waals surface area (Å²) in [6.07, 6.45) is 0.952. The summed E-state index contributed by atoms with van der Waals surface area (Å²) in [5.74, 6) is -1.09. The van der Waals surface area contributed by atoms with Gasteiger partial charge in [-0.1, -0.05) is 19.1 Å². The summed E-state index contributed by atoms with van der Waals surface area (Å²) in [7, 11) is 0. The van der Waals surface area contributed by atoms with E-state index in [1.165, 1.54) is 0 Å². The summed E-state index contributed by atoms with van der Waals surface area (Å²) in [5, 5.41) is 8.95. The zero-order chi connectivity index (χ0) is 14.7. The first-order chi connectivity index (χ1) is 9.47. The number of nitrogen functional groups attached to an aromatic ring is 1. The Morgan fingerprint density at radius 1 is 1.40 bits per heavy atom. The van der Waals surface area contributed by atoms with Crippen molar-refractivity contribution in [3.05, 3.63) is 29.8 Å². The molecule has 3 N–H and O–H groups in total. The first-order valence-electron chi connectivity index (χ1n) is 6.83. The van der Waals surface area contributed by atoms with Crippen LogP contribution in [0.5, 0.6) is 0 Å². The number of amides is 1. The minimum Gasteiger partial charge on any atom is -0.481 e. The van der Waals surface area contributed by atoms with Crippen LogP contribution in [0, 0.1) is 5.92 Å². The summed E-state index contributed by atoms with van der Waals surface area (Å²) in [5.41, 5.74) is 7.42. The summed E-state index contributed by atoms with van der Waals surface area (Å²) >= 11 is 0. The highest BCUT2D eigenvalue weighted by molar-refractivity contribution is 5.79. The van der Waals surface area contributed by atoms with Crippen LogP contribution in [0.15, 0.2) is 24.3 Å². The molecule has 1 amide bonds. The molecule has 1 aromatic carbocycles. The Bertz CT molecular complexity index is 498. The van der Waals surface area contributed by atoms with Crippen LogP contribution in [0.2, 0.25) is 0 Å². The Balaban J connectivity index is 1.91. The SMILES string of the molecule is CC(CC(=O)N1CCC(C(=O)O)C1)c1ccc(N)cc1. The fraction of sp³-hybridized carbons (Fsp3) is 0.467.